The van der Waals surface area contributed by atoms with Crippen molar-refractivity contribution >= 4 is 17.4 Å². The Bertz CT molecular complexity index is 163. The van der Waals surface area contributed by atoms with Gasteiger partial charge in [0.15, 0.2) is 5.78 Å². The van der Waals surface area contributed by atoms with E-state index in [0.29, 0.717) is 0 Å². The second kappa shape index (κ2) is 6.28. The average Bonchev–Trinajstić information content (AvgIpc) is 2.14. The van der Waals surface area contributed by atoms with Crippen LogP contribution in [0.3, 0.4) is 0 Å². The van der Waals surface area contributed by atoms with Crippen LogP contribution in [0.2, 0.25) is 0 Å². The van der Waals surface area contributed by atoms with Crippen molar-refractivity contribution in [2.24, 2.45) is 0 Å². The molecule has 0 aliphatic rings. The van der Waals surface area contributed by atoms with Crippen LogP contribution in [-0.4, -0.2) is 57.0 Å². The molecule has 78 valence electrons. The van der Waals surface area contributed by atoms with Gasteiger partial charge in [-0.05, 0) is 0 Å². The number of hydrogen-bond acceptors (Lipinski definition) is 5. The van der Waals surface area contributed by atoms with Gasteiger partial charge >= 0.3 is 0 Å². The summed E-state index contributed by atoms with van der Waals surface area (Å²) in [5.74, 6) is -0.618. The zero-order valence-corrected chi connectivity index (χ0v) is 7.68. The number of carbonyl (C=O) groups is 1. The van der Waals surface area contributed by atoms with Gasteiger partial charge in [0.1, 0.15) is 18.3 Å². The van der Waals surface area contributed by atoms with Gasteiger partial charge in [0.2, 0.25) is 0 Å². The number of halogens is 1. The molecule has 0 aliphatic heterocycles. The third-order valence-corrected chi connectivity index (χ3v) is 1.76. The minimum Gasteiger partial charge on any atom is -0.394 e. The molecular weight excluding hydrogens is 200 g/mol. The third-order valence-electron chi connectivity index (χ3n) is 1.58. The lowest BCUT2D eigenvalue weighted by Crippen LogP contribution is -2.43. The predicted molar refractivity (Wildman–Crippen MR) is 45.5 cm³/mol. The monoisotopic (exact) mass is 212 g/mol. The number of aliphatic hydroxyl groups is 4. The molecule has 4 N–H and O–H groups in total. The first-order chi connectivity index (χ1) is 6.04. The summed E-state index contributed by atoms with van der Waals surface area (Å²) in [6.45, 7) is -0.716. The van der Waals surface area contributed by atoms with E-state index < -0.39 is 30.7 Å². The Morgan fingerprint density at radius 2 is 1.85 bits per heavy atom. The Labute approximate surface area is 80.6 Å². The van der Waals surface area contributed by atoms with Gasteiger partial charge in [-0.3, -0.25) is 4.79 Å². The standard InChI is InChI=1S/C7H13ClO5/c8-2-1-4(10)6(12)7(13)5(11)3-9/h5-7,9,11-13H,1-3H2/t5-,6-,7-/m0/s1. The summed E-state index contributed by atoms with van der Waals surface area (Å²) in [7, 11) is 0. The summed E-state index contributed by atoms with van der Waals surface area (Å²) in [4.78, 5) is 10.9. The van der Waals surface area contributed by atoms with Gasteiger partial charge in [0.25, 0.3) is 0 Å². The van der Waals surface area contributed by atoms with Crippen LogP contribution < -0.4 is 0 Å². The molecule has 0 heterocycles. The number of aliphatic hydroxyl groups excluding tert-OH is 4. The van der Waals surface area contributed by atoms with Crippen molar-refractivity contribution in [2.45, 2.75) is 24.7 Å². The molecular formula is C7H13ClO5. The molecule has 0 aromatic heterocycles. The zero-order valence-electron chi connectivity index (χ0n) is 6.93. The smallest absolute Gasteiger partial charge is 0.165 e. The van der Waals surface area contributed by atoms with E-state index in [2.05, 4.69) is 0 Å². The molecule has 0 spiro atoms. The van der Waals surface area contributed by atoms with Crippen molar-refractivity contribution in [3.8, 4) is 0 Å². The quantitative estimate of drug-likeness (QED) is 0.392. The highest BCUT2D eigenvalue weighted by Gasteiger charge is 2.28. The molecule has 0 saturated carbocycles. The maximum absolute atomic E-state index is 10.9. The summed E-state index contributed by atoms with van der Waals surface area (Å²) in [5.41, 5.74) is 0. The second-order valence-electron chi connectivity index (χ2n) is 2.59. The maximum Gasteiger partial charge on any atom is 0.165 e. The van der Waals surface area contributed by atoms with E-state index in [9.17, 15) is 4.79 Å². The van der Waals surface area contributed by atoms with Crippen LogP contribution >= 0.6 is 11.6 Å². The molecule has 0 saturated heterocycles. The topological polar surface area (TPSA) is 98.0 Å². The highest BCUT2D eigenvalue weighted by molar-refractivity contribution is 6.19. The molecule has 0 fully saturated rings. The van der Waals surface area contributed by atoms with Gasteiger partial charge in [-0.25, -0.2) is 0 Å². The number of carbonyl (C=O) groups excluding carboxylic acids is 1. The SMILES string of the molecule is O=C(CCCl)[C@H](O)[C@@H](O)[C@@H](O)CO. The van der Waals surface area contributed by atoms with Gasteiger partial charge in [0.05, 0.1) is 6.61 Å². The molecule has 13 heavy (non-hydrogen) atoms. The average molecular weight is 213 g/mol. The molecule has 0 aromatic rings. The largest absolute Gasteiger partial charge is 0.394 e. The van der Waals surface area contributed by atoms with Gasteiger partial charge < -0.3 is 20.4 Å². The zero-order chi connectivity index (χ0) is 10.4. The van der Waals surface area contributed by atoms with E-state index in [0.717, 1.165) is 0 Å². The van der Waals surface area contributed by atoms with Crippen molar-refractivity contribution in [3.05, 3.63) is 0 Å². The molecule has 0 rings (SSSR count). The fourth-order valence-electron chi connectivity index (χ4n) is 0.750. The molecule has 0 radical (unpaired) electrons. The summed E-state index contributed by atoms with van der Waals surface area (Å²) < 4.78 is 0. The summed E-state index contributed by atoms with van der Waals surface area (Å²) in [6, 6.07) is 0. The highest BCUT2D eigenvalue weighted by atomic mass is 35.5. The molecule has 0 bridgehead atoms. The summed E-state index contributed by atoms with van der Waals surface area (Å²) in [5, 5.41) is 35.4. The number of hydrogen-bond donors (Lipinski definition) is 4. The van der Waals surface area contributed by atoms with Crippen molar-refractivity contribution in [3.63, 3.8) is 0 Å². The summed E-state index contributed by atoms with van der Waals surface area (Å²) in [6.07, 6.45) is -4.96. The lowest BCUT2D eigenvalue weighted by molar-refractivity contribution is -0.139. The maximum atomic E-state index is 10.9. The van der Waals surface area contributed by atoms with Crippen LogP contribution in [0.4, 0.5) is 0 Å². The molecule has 0 amide bonds. The number of alkyl halides is 1. The first-order valence-electron chi connectivity index (χ1n) is 3.78. The highest BCUT2D eigenvalue weighted by Crippen LogP contribution is 2.04. The van der Waals surface area contributed by atoms with Crippen LogP contribution in [0.1, 0.15) is 6.42 Å². The minimum absolute atomic E-state index is 0.0395. The molecule has 0 unspecified atom stereocenters. The van der Waals surface area contributed by atoms with E-state index in [1.807, 2.05) is 0 Å². The first-order valence-corrected chi connectivity index (χ1v) is 4.31. The van der Waals surface area contributed by atoms with Crippen molar-refractivity contribution in [1.29, 1.82) is 0 Å². The Morgan fingerprint density at radius 3 is 2.23 bits per heavy atom. The second-order valence-corrected chi connectivity index (χ2v) is 2.97. The van der Waals surface area contributed by atoms with Crippen LogP contribution in [0.5, 0.6) is 0 Å². The Hall–Kier alpha value is -0.200. The third kappa shape index (κ3) is 4.02. The lowest BCUT2D eigenvalue weighted by Gasteiger charge is -2.19. The lowest BCUT2D eigenvalue weighted by atomic mass is 10.0. The van der Waals surface area contributed by atoms with Gasteiger partial charge in [-0.2, -0.15) is 0 Å². The Balaban J connectivity index is 4.07. The van der Waals surface area contributed by atoms with Gasteiger partial charge in [-0.15, -0.1) is 11.6 Å². The molecule has 0 aromatic carbocycles. The fraction of sp³-hybridized carbons (Fsp3) is 0.857. The van der Waals surface area contributed by atoms with Gasteiger partial charge in [0, 0.05) is 12.3 Å². The number of rotatable bonds is 6. The number of ketones is 1. The summed E-state index contributed by atoms with van der Waals surface area (Å²) >= 11 is 5.23. The van der Waals surface area contributed by atoms with Crippen LogP contribution in [-0.2, 0) is 4.79 Å². The molecule has 0 aliphatic carbocycles. The molecule has 3 atom stereocenters. The Morgan fingerprint density at radius 1 is 1.31 bits per heavy atom. The van der Waals surface area contributed by atoms with Crippen molar-refractivity contribution in [1.82, 2.24) is 0 Å². The van der Waals surface area contributed by atoms with Crippen LogP contribution in [0, 0.1) is 0 Å². The number of Topliss-reactive ketones (excluding diaryl/α,β-unsaturated/α-hetero) is 1. The Kier molecular flexibility index (Phi) is 6.19. The molecule has 6 heteroatoms. The van der Waals surface area contributed by atoms with Gasteiger partial charge in [-0.1, -0.05) is 0 Å². The predicted octanol–water partition coefficient (Wildman–Crippen LogP) is -1.74. The van der Waals surface area contributed by atoms with Crippen molar-refractivity contribution in [2.75, 3.05) is 12.5 Å². The van der Waals surface area contributed by atoms with Crippen LogP contribution in [0.25, 0.3) is 0 Å². The van der Waals surface area contributed by atoms with Crippen LogP contribution in [0.15, 0.2) is 0 Å². The van der Waals surface area contributed by atoms with E-state index >= 15 is 0 Å². The van der Waals surface area contributed by atoms with E-state index in [-0.39, 0.29) is 12.3 Å². The molecule has 5 nitrogen and oxygen atoms in total. The fourth-order valence-corrected chi connectivity index (χ4v) is 0.936. The normalized spacial score (nSPS) is 17.9. The van der Waals surface area contributed by atoms with Crippen molar-refractivity contribution < 1.29 is 25.2 Å². The minimum atomic E-state index is -1.69. The van der Waals surface area contributed by atoms with E-state index in [1.165, 1.54) is 0 Å². The van der Waals surface area contributed by atoms with E-state index in [4.69, 9.17) is 32.0 Å². The van der Waals surface area contributed by atoms with E-state index in [1.54, 1.807) is 0 Å². The first kappa shape index (κ1) is 12.8.